The van der Waals surface area contributed by atoms with E-state index >= 15 is 0 Å². The molecule has 0 bridgehead atoms. The third kappa shape index (κ3) is 4.43. The lowest BCUT2D eigenvalue weighted by molar-refractivity contribution is -0.917. The third-order valence-electron chi connectivity index (χ3n) is 4.98. The highest BCUT2D eigenvalue weighted by molar-refractivity contribution is 7.18. The van der Waals surface area contributed by atoms with Gasteiger partial charge in [0.25, 0.3) is 0 Å². The monoisotopic (exact) mass is 378 g/mol. The molecular formula is C22H24N3OS+. The van der Waals surface area contributed by atoms with E-state index in [0.29, 0.717) is 0 Å². The summed E-state index contributed by atoms with van der Waals surface area (Å²) in [6.45, 7) is 6.56. The Labute approximate surface area is 163 Å². The Morgan fingerprint density at radius 2 is 2.00 bits per heavy atom. The van der Waals surface area contributed by atoms with E-state index in [1.54, 1.807) is 17.4 Å². The van der Waals surface area contributed by atoms with Crippen molar-refractivity contribution in [3.05, 3.63) is 70.7 Å². The van der Waals surface area contributed by atoms with Crippen molar-refractivity contribution in [1.82, 2.24) is 9.88 Å². The van der Waals surface area contributed by atoms with E-state index in [1.807, 2.05) is 29.2 Å². The fourth-order valence-electron chi connectivity index (χ4n) is 3.48. The van der Waals surface area contributed by atoms with Gasteiger partial charge < -0.3 is 9.80 Å². The smallest absolute Gasteiger partial charge is 0.246 e. The molecule has 0 spiro atoms. The van der Waals surface area contributed by atoms with E-state index in [0.717, 1.165) is 43.8 Å². The number of nitrogens with one attached hydrogen (secondary N) is 1. The Hall–Kier alpha value is -2.50. The number of hydrogen-bond donors (Lipinski definition) is 1. The molecule has 5 heteroatoms. The Morgan fingerprint density at radius 3 is 2.78 bits per heavy atom. The zero-order chi connectivity index (χ0) is 18.6. The molecule has 0 radical (unpaired) electrons. The number of hydrogen-bond acceptors (Lipinski definition) is 3. The topological polar surface area (TPSA) is 37.6 Å². The number of aromatic nitrogens is 1. The number of piperazine rings is 1. The number of rotatable bonds is 4. The van der Waals surface area contributed by atoms with Crippen molar-refractivity contribution in [3.8, 4) is 0 Å². The van der Waals surface area contributed by atoms with Crippen molar-refractivity contribution >= 4 is 33.5 Å². The first-order chi connectivity index (χ1) is 13.2. The molecule has 0 saturated carbocycles. The lowest BCUT2D eigenvalue weighted by atomic mass is 10.1. The predicted molar refractivity (Wildman–Crippen MR) is 111 cm³/mol. The molecule has 1 fully saturated rings. The first-order valence-electron chi connectivity index (χ1n) is 9.39. The van der Waals surface area contributed by atoms with Crippen LogP contribution in [0.15, 0.2) is 54.6 Å². The number of quaternary nitrogens is 1. The van der Waals surface area contributed by atoms with Crippen molar-refractivity contribution in [2.75, 3.05) is 26.2 Å². The van der Waals surface area contributed by atoms with Crippen LogP contribution in [0.5, 0.6) is 0 Å². The van der Waals surface area contributed by atoms with Crippen LogP contribution in [0, 0.1) is 6.92 Å². The summed E-state index contributed by atoms with van der Waals surface area (Å²) in [5, 5.41) is 1.19. The number of carbonyl (C=O) groups excluding carboxylic acids is 1. The summed E-state index contributed by atoms with van der Waals surface area (Å²) in [6, 6.07) is 16.5. The van der Waals surface area contributed by atoms with Gasteiger partial charge in [0.05, 0.1) is 36.4 Å². The number of para-hydroxylation sites is 1. The van der Waals surface area contributed by atoms with Crippen LogP contribution in [0.3, 0.4) is 0 Å². The molecule has 0 unspecified atom stereocenters. The fourth-order valence-corrected chi connectivity index (χ4v) is 4.52. The van der Waals surface area contributed by atoms with Gasteiger partial charge in [-0.15, -0.1) is 11.3 Å². The second-order valence-electron chi connectivity index (χ2n) is 7.07. The summed E-state index contributed by atoms with van der Waals surface area (Å²) in [5.41, 5.74) is 3.37. The van der Waals surface area contributed by atoms with Crippen molar-refractivity contribution < 1.29 is 9.69 Å². The average Bonchev–Trinajstić information content (AvgIpc) is 3.09. The number of benzene rings is 2. The number of nitrogens with zero attached hydrogens (tertiary/aromatic N) is 2. The van der Waals surface area contributed by atoms with Crippen LogP contribution in [0.4, 0.5) is 0 Å². The van der Waals surface area contributed by atoms with Gasteiger partial charge in [0.15, 0.2) is 0 Å². The molecule has 1 N–H and O–H groups in total. The molecule has 138 valence electrons. The van der Waals surface area contributed by atoms with Crippen LogP contribution in [-0.4, -0.2) is 42.0 Å². The molecular weight excluding hydrogens is 354 g/mol. The highest BCUT2D eigenvalue weighted by atomic mass is 32.1. The van der Waals surface area contributed by atoms with Gasteiger partial charge in [0.2, 0.25) is 5.91 Å². The van der Waals surface area contributed by atoms with E-state index in [9.17, 15) is 4.79 Å². The molecule has 3 aromatic rings. The molecule has 1 aliphatic heterocycles. The molecule has 0 aliphatic carbocycles. The Bertz CT molecular complexity index is 937. The second-order valence-corrected chi connectivity index (χ2v) is 8.19. The highest BCUT2D eigenvalue weighted by Gasteiger charge is 2.23. The summed E-state index contributed by atoms with van der Waals surface area (Å²) >= 11 is 1.78. The van der Waals surface area contributed by atoms with Crippen LogP contribution in [0.2, 0.25) is 0 Å². The van der Waals surface area contributed by atoms with Crippen LogP contribution >= 0.6 is 11.3 Å². The van der Waals surface area contributed by atoms with Crippen LogP contribution in [0.25, 0.3) is 16.3 Å². The molecule has 2 heterocycles. The van der Waals surface area contributed by atoms with E-state index in [2.05, 4.69) is 37.3 Å². The van der Waals surface area contributed by atoms with Crippen LogP contribution in [0.1, 0.15) is 16.1 Å². The SMILES string of the molecule is Cc1cccc(/C=C/C(=O)N2CC[NH+](Cc3nc4ccccc4s3)CC2)c1. The van der Waals surface area contributed by atoms with Crippen molar-refractivity contribution in [2.45, 2.75) is 13.5 Å². The molecule has 1 aliphatic rings. The quantitative estimate of drug-likeness (QED) is 0.709. The van der Waals surface area contributed by atoms with Crippen molar-refractivity contribution in [1.29, 1.82) is 0 Å². The summed E-state index contributed by atoms with van der Waals surface area (Å²) in [7, 11) is 0. The maximum atomic E-state index is 12.5. The maximum absolute atomic E-state index is 12.5. The largest absolute Gasteiger partial charge is 0.328 e. The number of amides is 1. The fraction of sp³-hybridized carbons (Fsp3) is 0.273. The molecule has 1 amide bonds. The van der Waals surface area contributed by atoms with Gasteiger partial charge in [-0.2, -0.15) is 0 Å². The molecule has 1 saturated heterocycles. The molecule has 27 heavy (non-hydrogen) atoms. The van der Waals surface area contributed by atoms with Gasteiger partial charge >= 0.3 is 0 Å². The first-order valence-corrected chi connectivity index (χ1v) is 10.2. The summed E-state index contributed by atoms with van der Waals surface area (Å²) in [6.07, 6.45) is 3.61. The zero-order valence-electron chi connectivity index (χ0n) is 15.5. The van der Waals surface area contributed by atoms with Gasteiger partial charge in [-0.3, -0.25) is 4.79 Å². The van der Waals surface area contributed by atoms with E-state index < -0.39 is 0 Å². The Morgan fingerprint density at radius 1 is 1.19 bits per heavy atom. The lowest BCUT2D eigenvalue weighted by Crippen LogP contribution is -3.13. The van der Waals surface area contributed by atoms with Gasteiger partial charge in [-0.1, -0.05) is 42.0 Å². The van der Waals surface area contributed by atoms with Gasteiger partial charge in [0, 0.05) is 6.08 Å². The Balaban J connectivity index is 1.31. The van der Waals surface area contributed by atoms with E-state index in [-0.39, 0.29) is 5.91 Å². The molecule has 4 nitrogen and oxygen atoms in total. The minimum Gasteiger partial charge on any atom is -0.328 e. The maximum Gasteiger partial charge on any atom is 0.246 e. The number of aryl methyl sites for hydroxylation is 1. The first kappa shape index (κ1) is 17.9. The van der Waals surface area contributed by atoms with Crippen molar-refractivity contribution in [3.63, 3.8) is 0 Å². The number of fused-ring (bicyclic) bond motifs is 1. The average molecular weight is 379 g/mol. The minimum absolute atomic E-state index is 0.107. The lowest BCUT2D eigenvalue weighted by Gasteiger charge is -2.31. The number of thiazole rings is 1. The van der Waals surface area contributed by atoms with Gasteiger partial charge in [-0.05, 0) is 30.7 Å². The highest BCUT2D eigenvalue weighted by Crippen LogP contribution is 2.20. The van der Waals surface area contributed by atoms with Gasteiger partial charge in [-0.25, -0.2) is 4.98 Å². The van der Waals surface area contributed by atoms with E-state index in [1.165, 1.54) is 20.2 Å². The normalized spacial score (nSPS) is 15.7. The minimum atomic E-state index is 0.107. The third-order valence-corrected chi connectivity index (χ3v) is 6.02. The summed E-state index contributed by atoms with van der Waals surface area (Å²) in [5.74, 6) is 0.107. The van der Waals surface area contributed by atoms with Crippen LogP contribution < -0.4 is 4.90 Å². The van der Waals surface area contributed by atoms with Gasteiger partial charge in [0.1, 0.15) is 11.6 Å². The van der Waals surface area contributed by atoms with E-state index in [4.69, 9.17) is 4.98 Å². The zero-order valence-corrected chi connectivity index (χ0v) is 16.3. The Kier molecular flexibility index (Phi) is 5.32. The molecule has 4 rings (SSSR count). The second kappa shape index (κ2) is 8.03. The predicted octanol–water partition coefficient (Wildman–Crippen LogP) is 2.55. The standard InChI is InChI=1S/C22H23N3OS/c1-17-5-4-6-18(15-17)9-10-22(26)25-13-11-24(12-14-25)16-21-23-19-7-2-3-8-20(19)27-21/h2-10,15H,11-14,16H2,1H3/p+1/b10-9+. The molecule has 0 atom stereocenters. The summed E-state index contributed by atoms with van der Waals surface area (Å²) < 4.78 is 1.25. The van der Waals surface area contributed by atoms with Crippen molar-refractivity contribution in [2.24, 2.45) is 0 Å². The molecule has 2 aromatic carbocycles. The number of carbonyl (C=O) groups is 1. The van der Waals surface area contributed by atoms with Crippen LogP contribution in [-0.2, 0) is 11.3 Å². The summed E-state index contributed by atoms with van der Waals surface area (Å²) in [4.78, 5) is 20.6. The molecule has 1 aromatic heterocycles.